The molecular weight excluding hydrogens is 292 g/mol. The van der Waals surface area contributed by atoms with Gasteiger partial charge < -0.3 is 10.6 Å². The van der Waals surface area contributed by atoms with E-state index in [4.69, 9.17) is 5.73 Å². The number of rotatable bonds is 2. The van der Waals surface area contributed by atoms with Crippen LogP contribution in [0.5, 0.6) is 0 Å². The van der Waals surface area contributed by atoms with Gasteiger partial charge in [0.2, 0.25) is 0 Å². The van der Waals surface area contributed by atoms with Crippen molar-refractivity contribution >= 4 is 29.7 Å². The fourth-order valence-electron chi connectivity index (χ4n) is 2.90. The minimum absolute atomic E-state index is 0. The standard InChI is InChI=1S/C15H22N2OS.ClH/c1-15(2)9-17(7-5-12(15)16)14(18)13-11(6-8-19-13)10-3-4-10;/h6,8,10,12H,3-5,7,9,16H2,1-2H3;1H. The number of nitrogens with zero attached hydrogens (tertiary/aromatic N) is 1. The molecule has 1 unspecified atom stereocenters. The summed E-state index contributed by atoms with van der Waals surface area (Å²) >= 11 is 1.60. The molecule has 1 saturated heterocycles. The smallest absolute Gasteiger partial charge is 0.264 e. The average molecular weight is 315 g/mol. The largest absolute Gasteiger partial charge is 0.337 e. The summed E-state index contributed by atoms with van der Waals surface area (Å²) in [5.74, 6) is 0.863. The number of halogens is 1. The summed E-state index contributed by atoms with van der Waals surface area (Å²) in [6.07, 6.45) is 3.39. The minimum Gasteiger partial charge on any atom is -0.337 e. The monoisotopic (exact) mass is 314 g/mol. The quantitative estimate of drug-likeness (QED) is 0.911. The number of carbonyl (C=O) groups excluding carboxylic acids is 1. The van der Waals surface area contributed by atoms with Crippen LogP contribution in [0.2, 0.25) is 0 Å². The zero-order chi connectivity index (χ0) is 13.6. The average Bonchev–Trinajstić information content (AvgIpc) is 3.09. The summed E-state index contributed by atoms with van der Waals surface area (Å²) in [7, 11) is 0. The second-order valence-electron chi connectivity index (χ2n) is 6.59. The Labute approximate surface area is 130 Å². The predicted octanol–water partition coefficient (Wildman–Crippen LogP) is 3.25. The molecule has 1 aliphatic heterocycles. The van der Waals surface area contributed by atoms with Gasteiger partial charge in [-0.05, 0) is 47.6 Å². The number of likely N-dealkylation sites (tertiary alicyclic amines) is 1. The van der Waals surface area contributed by atoms with Crippen LogP contribution in [-0.2, 0) is 0 Å². The molecule has 2 fully saturated rings. The van der Waals surface area contributed by atoms with E-state index in [1.54, 1.807) is 11.3 Å². The second kappa shape index (κ2) is 5.66. The van der Waals surface area contributed by atoms with Crippen LogP contribution in [0.15, 0.2) is 11.4 Å². The predicted molar refractivity (Wildman–Crippen MR) is 85.8 cm³/mol. The lowest BCUT2D eigenvalue weighted by molar-refractivity contribution is 0.0536. The van der Waals surface area contributed by atoms with Gasteiger partial charge in [0.25, 0.3) is 5.91 Å². The van der Waals surface area contributed by atoms with Crippen molar-refractivity contribution in [1.29, 1.82) is 0 Å². The summed E-state index contributed by atoms with van der Waals surface area (Å²) in [5, 5.41) is 2.06. The van der Waals surface area contributed by atoms with Crippen molar-refractivity contribution in [2.75, 3.05) is 13.1 Å². The Hall–Kier alpha value is -0.580. The van der Waals surface area contributed by atoms with E-state index in [2.05, 4.69) is 25.3 Å². The van der Waals surface area contributed by atoms with Crippen LogP contribution in [-0.4, -0.2) is 29.9 Å². The van der Waals surface area contributed by atoms with Crippen molar-refractivity contribution in [1.82, 2.24) is 4.90 Å². The molecule has 3 rings (SSSR count). The molecule has 1 atom stereocenters. The number of thiophene rings is 1. The summed E-state index contributed by atoms with van der Waals surface area (Å²) in [6.45, 7) is 5.89. The van der Waals surface area contributed by atoms with E-state index in [1.165, 1.54) is 18.4 Å². The van der Waals surface area contributed by atoms with Gasteiger partial charge in [0, 0.05) is 19.1 Å². The van der Waals surface area contributed by atoms with Crippen LogP contribution in [0.3, 0.4) is 0 Å². The summed E-state index contributed by atoms with van der Waals surface area (Å²) < 4.78 is 0. The third kappa shape index (κ3) is 2.87. The highest BCUT2D eigenvalue weighted by molar-refractivity contribution is 7.12. The molecule has 1 saturated carbocycles. The Balaban J connectivity index is 0.00000147. The lowest BCUT2D eigenvalue weighted by Crippen LogP contribution is -2.53. The summed E-state index contributed by atoms with van der Waals surface area (Å²) in [6, 6.07) is 2.33. The molecule has 3 nitrogen and oxygen atoms in total. The molecule has 1 amide bonds. The number of amides is 1. The van der Waals surface area contributed by atoms with Gasteiger partial charge in [0.15, 0.2) is 0 Å². The molecule has 112 valence electrons. The van der Waals surface area contributed by atoms with E-state index in [-0.39, 0.29) is 29.8 Å². The fraction of sp³-hybridized carbons (Fsp3) is 0.667. The number of hydrogen-bond acceptors (Lipinski definition) is 3. The van der Waals surface area contributed by atoms with Crippen LogP contribution < -0.4 is 5.73 Å². The third-order valence-electron chi connectivity index (χ3n) is 4.51. The van der Waals surface area contributed by atoms with Gasteiger partial charge in [-0.15, -0.1) is 23.7 Å². The van der Waals surface area contributed by atoms with Crippen molar-refractivity contribution in [2.45, 2.75) is 45.1 Å². The summed E-state index contributed by atoms with van der Waals surface area (Å²) in [4.78, 5) is 15.7. The van der Waals surface area contributed by atoms with Crippen molar-refractivity contribution in [3.63, 3.8) is 0 Å². The molecule has 1 aromatic rings. The van der Waals surface area contributed by atoms with Crippen LogP contribution in [0.1, 0.15) is 54.3 Å². The molecule has 0 radical (unpaired) electrons. The number of nitrogens with two attached hydrogens (primary N) is 1. The first-order chi connectivity index (χ1) is 8.99. The maximum absolute atomic E-state index is 12.7. The van der Waals surface area contributed by atoms with Gasteiger partial charge in [-0.25, -0.2) is 0 Å². The van der Waals surface area contributed by atoms with Gasteiger partial charge in [-0.2, -0.15) is 0 Å². The highest BCUT2D eigenvalue weighted by Gasteiger charge is 2.37. The van der Waals surface area contributed by atoms with Crippen LogP contribution in [0.4, 0.5) is 0 Å². The zero-order valence-corrected chi connectivity index (χ0v) is 13.7. The van der Waals surface area contributed by atoms with Gasteiger partial charge >= 0.3 is 0 Å². The number of carbonyl (C=O) groups is 1. The SMILES string of the molecule is CC1(C)CN(C(=O)c2sccc2C2CC2)CCC1N.Cl. The first-order valence-corrected chi connectivity index (χ1v) is 7.99. The lowest BCUT2D eigenvalue weighted by Gasteiger charge is -2.42. The Morgan fingerprint density at radius 1 is 1.40 bits per heavy atom. The Kier molecular flexibility index (Phi) is 4.47. The highest BCUT2D eigenvalue weighted by Crippen LogP contribution is 2.43. The maximum Gasteiger partial charge on any atom is 0.264 e. The molecule has 5 heteroatoms. The summed E-state index contributed by atoms with van der Waals surface area (Å²) in [5.41, 5.74) is 7.45. The van der Waals surface area contributed by atoms with Crippen molar-refractivity contribution < 1.29 is 4.79 Å². The molecule has 0 aromatic carbocycles. The second-order valence-corrected chi connectivity index (χ2v) is 7.51. The normalized spacial score (nSPS) is 25.1. The molecular formula is C15H23ClN2OS. The van der Waals surface area contributed by atoms with Gasteiger partial charge in [0.05, 0.1) is 4.88 Å². The van der Waals surface area contributed by atoms with Crippen molar-refractivity contribution in [2.24, 2.45) is 11.1 Å². The Morgan fingerprint density at radius 2 is 2.10 bits per heavy atom. The topological polar surface area (TPSA) is 46.3 Å². The molecule has 1 aliphatic carbocycles. The molecule has 20 heavy (non-hydrogen) atoms. The first kappa shape index (κ1) is 15.8. The lowest BCUT2D eigenvalue weighted by atomic mass is 9.79. The number of piperidine rings is 1. The van der Waals surface area contributed by atoms with E-state index in [0.29, 0.717) is 5.92 Å². The molecule has 2 aliphatic rings. The minimum atomic E-state index is 0. The molecule has 2 N–H and O–H groups in total. The fourth-order valence-corrected chi connectivity index (χ4v) is 3.85. The molecule has 0 bridgehead atoms. The molecule has 2 heterocycles. The van der Waals surface area contributed by atoms with Crippen molar-refractivity contribution in [3.8, 4) is 0 Å². The maximum atomic E-state index is 12.7. The van der Waals surface area contributed by atoms with Gasteiger partial charge in [0.1, 0.15) is 0 Å². The zero-order valence-electron chi connectivity index (χ0n) is 12.1. The third-order valence-corrected chi connectivity index (χ3v) is 5.42. The number of hydrogen-bond donors (Lipinski definition) is 1. The molecule has 1 aromatic heterocycles. The van der Waals surface area contributed by atoms with Gasteiger partial charge in [-0.3, -0.25) is 4.79 Å². The van der Waals surface area contributed by atoms with Crippen LogP contribution >= 0.6 is 23.7 Å². The van der Waals surface area contributed by atoms with E-state index >= 15 is 0 Å². The first-order valence-electron chi connectivity index (χ1n) is 7.11. The van der Waals surface area contributed by atoms with Gasteiger partial charge in [-0.1, -0.05) is 13.8 Å². The van der Waals surface area contributed by atoms with Crippen LogP contribution in [0.25, 0.3) is 0 Å². The van der Waals surface area contributed by atoms with Crippen molar-refractivity contribution in [3.05, 3.63) is 21.9 Å². The highest BCUT2D eigenvalue weighted by atomic mass is 35.5. The van der Waals surface area contributed by atoms with E-state index < -0.39 is 0 Å². The van der Waals surface area contributed by atoms with E-state index in [1.807, 2.05) is 4.90 Å². The van der Waals surface area contributed by atoms with E-state index in [0.717, 1.165) is 24.4 Å². The molecule has 0 spiro atoms. The van der Waals surface area contributed by atoms with Crippen LogP contribution in [0, 0.1) is 5.41 Å². The Morgan fingerprint density at radius 3 is 2.70 bits per heavy atom. The van der Waals surface area contributed by atoms with E-state index in [9.17, 15) is 4.79 Å². The Bertz CT molecular complexity index is 496.